The molecule has 0 aliphatic heterocycles. The van der Waals surface area contributed by atoms with Crippen LogP contribution in [0.3, 0.4) is 0 Å². The van der Waals surface area contributed by atoms with Gasteiger partial charge in [0.05, 0.1) is 0 Å². The number of nitrogens with zero attached hydrogens (tertiary/aromatic N) is 1. The average Bonchev–Trinajstić information content (AvgIpc) is 2.88. The molecule has 2 nitrogen and oxygen atoms in total. The van der Waals surface area contributed by atoms with Crippen LogP contribution in [0.4, 0.5) is 4.39 Å². The molecule has 3 rings (SSSR count). The van der Waals surface area contributed by atoms with Crippen molar-refractivity contribution in [2.45, 2.75) is 12.3 Å². The minimum atomic E-state index is -0.150. The normalized spacial score (nSPS) is 23.5. The number of rotatable bonds is 3. The molecule has 1 aromatic heterocycles. The quantitative estimate of drug-likeness (QED) is 0.862. The van der Waals surface area contributed by atoms with Crippen LogP contribution in [0.15, 0.2) is 24.4 Å². The lowest BCUT2D eigenvalue weighted by Gasteiger charge is -2.08. The maximum atomic E-state index is 13.3. The molecule has 0 amide bonds. The Balaban J connectivity index is 1.89. The van der Waals surface area contributed by atoms with Crippen molar-refractivity contribution >= 4 is 10.9 Å². The highest BCUT2D eigenvalue weighted by Crippen LogP contribution is 2.49. The summed E-state index contributed by atoms with van der Waals surface area (Å²) in [6.07, 6.45) is 3.27. The summed E-state index contributed by atoms with van der Waals surface area (Å²) in [4.78, 5) is 5.45. The number of H-pyrrole nitrogens is 1. The van der Waals surface area contributed by atoms with Crippen molar-refractivity contribution in [1.29, 1.82) is 0 Å². The molecule has 3 heteroatoms. The van der Waals surface area contributed by atoms with E-state index in [2.05, 4.69) is 24.0 Å². The van der Waals surface area contributed by atoms with Crippen LogP contribution in [-0.2, 0) is 0 Å². The molecule has 90 valence electrons. The number of nitrogens with one attached hydrogen (secondary N) is 1. The first kappa shape index (κ1) is 10.8. The van der Waals surface area contributed by atoms with Crippen molar-refractivity contribution in [1.82, 2.24) is 9.88 Å². The third kappa shape index (κ3) is 1.95. The number of benzene rings is 1. The van der Waals surface area contributed by atoms with Crippen molar-refractivity contribution < 1.29 is 4.39 Å². The van der Waals surface area contributed by atoms with Gasteiger partial charge >= 0.3 is 0 Å². The lowest BCUT2D eigenvalue weighted by atomic mass is 10.1. The Kier molecular flexibility index (Phi) is 2.44. The minimum Gasteiger partial charge on any atom is -0.361 e. The number of fused-ring (bicyclic) bond motifs is 1. The molecule has 1 heterocycles. The van der Waals surface area contributed by atoms with Gasteiger partial charge in [-0.3, -0.25) is 0 Å². The molecule has 1 aromatic carbocycles. The highest BCUT2D eigenvalue weighted by Gasteiger charge is 2.39. The van der Waals surface area contributed by atoms with Gasteiger partial charge in [-0.25, -0.2) is 4.39 Å². The molecule has 1 N–H and O–H groups in total. The molecule has 17 heavy (non-hydrogen) atoms. The fraction of sp³-hybridized carbons (Fsp3) is 0.429. The van der Waals surface area contributed by atoms with E-state index in [1.54, 1.807) is 6.07 Å². The van der Waals surface area contributed by atoms with Gasteiger partial charge in [0.15, 0.2) is 0 Å². The number of aromatic nitrogens is 1. The fourth-order valence-corrected chi connectivity index (χ4v) is 2.72. The van der Waals surface area contributed by atoms with Crippen molar-refractivity contribution in [3.63, 3.8) is 0 Å². The average molecular weight is 232 g/mol. The minimum absolute atomic E-state index is 0.150. The lowest BCUT2D eigenvalue weighted by Crippen LogP contribution is -2.15. The van der Waals surface area contributed by atoms with Gasteiger partial charge < -0.3 is 9.88 Å². The summed E-state index contributed by atoms with van der Waals surface area (Å²) >= 11 is 0. The largest absolute Gasteiger partial charge is 0.361 e. The van der Waals surface area contributed by atoms with Crippen LogP contribution in [0.25, 0.3) is 10.9 Å². The van der Waals surface area contributed by atoms with Crippen LogP contribution in [0.5, 0.6) is 0 Å². The van der Waals surface area contributed by atoms with Gasteiger partial charge in [0.2, 0.25) is 0 Å². The first-order valence-corrected chi connectivity index (χ1v) is 6.06. The zero-order valence-electron chi connectivity index (χ0n) is 10.2. The summed E-state index contributed by atoms with van der Waals surface area (Å²) in [5.41, 5.74) is 2.32. The maximum Gasteiger partial charge on any atom is 0.123 e. The maximum absolute atomic E-state index is 13.3. The molecule has 0 spiro atoms. The highest BCUT2D eigenvalue weighted by atomic mass is 19.1. The first-order chi connectivity index (χ1) is 8.15. The van der Waals surface area contributed by atoms with E-state index in [0.717, 1.165) is 23.4 Å². The van der Waals surface area contributed by atoms with Crippen LogP contribution in [0.2, 0.25) is 0 Å². The van der Waals surface area contributed by atoms with E-state index in [1.165, 1.54) is 18.1 Å². The van der Waals surface area contributed by atoms with Gasteiger partial charge in [-0.2, -0.15) is 0 Å². The van der Waals surface area contributed by atoms with Crippen LogP contribution in [0, 0.1) is 11.7 Å². The van der Waals surface area contributed by atoms with Crippen molar-refractivity contribution in [3.8, 4) is 0 Å². The Hall–Kier alpha value is -1.35. The second-order valence-corrected chi connectivity index (χ2v) is 5.30. The van der Waals surface area contributed by atoms with E-state index in [1.807, 2.05) is 12.3 Å². The molecule has 0 saturated heterocycles. The third-order valence-corrected chi connectivity index (χ3v) is 3.60. The summed E-state index contributed by atoms with van der Waals surface area (Å²) in [5, 5.41) is 1.05. The molecule has 1 unspecified atom stereocenters. The molecule has 2 atom stereocenters. The summed E-state index contributed by atoms with van der Waals surface area (Å²) in [6, 6.07) is 4.97. The predicted octanol–water partition coefficient (Wildman–Crippen LogP) is 2.97. The molecule has 2 aromatic rings. The van der Waals surface area contributed by atoms with Gasteiger partial charge in [0.1, 0.15) is 5.82 Å². The van der Waals surface area contributed by atoms with E-state index < -0.39 is 0 Å². The molecule has 0 radical (unpaired) electrons. The second kappa shape index (κ2) is 3.84. The highest BCUT2D eigenvalue weighted by molar-refractivity contribution is 5.84. The monoisotopic (exact) mass is 232 g/mol. The SMILES string of the molecule is CN(C)C[C@H]1CC1c1c[nH]c2ccc(F)cc12. The summed E-state index contributed by atoms with van der Waals surface area (Å²) in [6.45, 7) is 1.12. The van der Waals surface area contributed by atoms with Gasteiger partial charge in [-0.05, 0) is 56.1 Å². The Morgan fingerprint density at radius 2 is 2.24 bits per heavy atom. The van der Waals surface area contributed by atoms with E-state index in [4.69, 9.17) is 0 Å². The van der Waals surface area contributed by atoms with Crippen LogP contribution >= 0.6 is 0 Å². The molecule has 0 bridgehead atoms. The zero-order chi connectivity index (χ0) is 12.0. The fourth-order valence-electron chi connectivity index (χ4n) is 2.72. The smallest absolute Gasteiger partial charge is 0.123 e. The molecule has 1 aliphatic carbocycles. The Bertz CT molecular complexity index is 544. The number of aromatic amines is 1. The van der Waals surface area contributed by atoms with Gasteiger partial charge in [-0.1, -0.05) is 0 Å². The Labute approximate surface area is 100 Å². The summed E-state index contributed by atoms with van der Waals surface area (Å²) in [5.74, 6) is 1.18. The molecule has 1 fully saturated rings. The molecular weight excluding hydrogens is 215 g/mol. The first-order valence-electron chi connectivity index (χ1n) is 6.06. The van der Waals surface area contributed by atoms with Crippen LogP contribution in [-0.4, -0.2) is 30.5 Å². The Morgan fingerprint density at radius 1 is 1.41 bits per heavy atom. The second-order valence-electron chi connectivity index (χ2n) is 5.30. The van der Waals surface area contributed by atoms with E-state index in [9.17, 15) is 4.39 Å². The standard InChI is InChI=1S/C14H17FN2/c1-17(2)8-9-5-11(9)13-7-16-14-4-3-10(15)6-12(13)14/h3-4,6-7,9,11,16H,5,8H2,1-2H3/t9-,11?/m1/s1. The predicted molar refractivity (Wildman–Crippen MR) is 67.7 cm³/mol. The van der Waals surface area contributed by atoms with Crippen molar-refractivity contribution in [2.75, 3.05) is 20.6 Å². The topological polar surface area (TPSA) is 19.0 Å². The van der Waals surface area contributed by atoms with Crippen LogP contribution in [0.1, 0.15) is 17.9 Å². The van der Waals surface area contributed by atoms with Gasteiger partial charge in [-0.15, -0.1) is 0 Å². The molecule has 1 saturated carbocycles. The van der Waals surface area contributed by atoms with Gasteiger partial charge in [0.25, 0.3) is 0 Å². The number of hydrogen-bond acceptors (Lipinski definition) is 1. The summed E-state index contributed by atoms with van der Waals surface area (Å²) in [7, 11) is 4.20. The van der Waals surface area contributed by atoms with E-state index >= 15 is 0 Å². The van der Waals surface area contributed by atoms with E-state index in [-0.39, 0.29) is 5.82 Å². The summed E-state index contributed by atoms with van der Waals surface area (Å²) < 4.78 is 13.3. The third-order valence-electron chi connectivity index (χ3n) is 3.60. The zero-order valence-corrected chi connectivity index (χ0v) is 10.2. The molecular formula is C14H17FN2. The van der Waals surface area contributed by atoms with Crippen LogP contribution < -0.4 is 0 Å². The van der Waals surface area contributed by atoms with Crippen molar-refractivity contribution in [3.05, 3.63) is 35.8 Å². The van der Waals surface area contributed by atoms with Gasteiger partial charge in [0, 0.05) is 23.6 Å². The Morgan fingerprint density at radius 3 is 3.00 bits per heavy atom. The number of hydrogen-bond donors (Lipinski definition) is 1. The van der Waals surface area contributed by atoms with E-state index in [0.29, 0.717) is 5.92 Å². The van der Waals surface area contributed by atoms with Crippen molar-refractivity contribution in [2.24, 2.45) is 5.92 Å². The lowest BCUT2D eigenvalue weighted by molar-refractivity contribution is 0.385. The molecule has 1 aliphatic rings. The number of halogens is 1.